The van der Waals surface area contributed by atoms with Gasteiger partial charge in [0, 0.05) is 6.54 Å². The summed E-state index contributed by atoms with van der Waals surface area (Å²) in [7, 11) is 0. The Labute approximate surface area is 100 Å². The minimum absolute atomic E-state index is 0.545. The van der Waals surface area contributed by atoms with Crippen molar-refractivity contribution in [2.75, 3.05) is 5.73 Å². The first kappa shape index (κ1) is 11.3. The molecule has 16 heavy (non-hydrogen) atoms. The average molecular weight is 238 g/mol. The third-order valence-corrected chi connectivity index (χ3v) is 2.98. The number of aryl methyl sites for hydroxylation is 1. The Morgan fingerprint density at radius 3 is 2.88 bits per heavy atom. The van der Waals surface area contributed by atoms with Crippen molar-refractivity contribution in [1.82, 2.24) is 9.55 Å². The number of para-hydroxylation sites is 1. The number of fused-ring (bicyclic) bond motifs is 1. The number of halogens is 1. The average Bonchev–Trinajstić information content (AvgIpc) is 2.52. The summed E-state index contributed by atoms with van der Waals surface area (Å²) in [5, 5.41) is 0.713. The second-order valence-electron chi connectivity index (χ2n) is 4.41. The number of nitrogens with two attached hydrogens (primary N) is 1. The molecule has 0 atom stereocenters. The number of hydrogen-bond donors (Lipinski definition) is 1. The highest BCUT2D eigenvalue weighted by Crippen LogP contribution is 2.26. The largest absolute Gasteiger partial charge is 0.369 e. The van der Waals surface area contributed by atoms with Gasteiger partial charge in [-0.2, -0.15) is 0 Å². The lowest BCUT2D eigenvalue weighted by molar-refractivity contribution is 0.526. The summed E-state index contributed by atoms with van der Waals surface area (Å²) in [6.45, 7) is 5.25. The van der Waals surface area contributed by atoms with Crippen molar-refractivity contribution in [1.29, 1.82) is 0 Å². The van der Waals surface area contributed by atoms with Crippen molar-refractivity contribution in [3.63, 3.8) is 0 Å². The van der Waals surface area contributed by atoms with Gasteiger partial charge in [-0.25, -0.2) is 4.98 Å². The lowest BCUT2D eigenvalue weighted by Gasteiger charge is -2.09. The van der Waals surface area contributed by atoms with Crippen LogP contribution in [0.25, 0.3) is 11.0 Å². The number of imidazole rings is 1. The first-order chi connectivity index (χ1) is 7.59. The summed E-state index contributed by atoms with van der Waals surface area (Å²) in [5.74, 6) is 1.18. The zero-order valence-electron chi connectivity index (χ0n) is 9.57. The molecule has 86 valence electrons. The number of benzene rings is 1. The van der Waals surface area contributed by atoms with E-state index in [4.69, 9.17) is 17.3 Å². The van der Waals surface area contributed by atoms with E-state index >= 15 is 0 Å². The van der Waals surface area contributed by atoms with Crippen molar-refractivity contribution >= 4 is 28.6 Å². The lowest BCUT2D eigenvalue weighted by atomic mass is 10.1. The van der Waals surface area contributed by atoms with E-state index < -0.39 is 0 Å². The summed E-state index contributed by atoms with van der Waals surface area (Å²) in [5.41, 5.74) is 7.72. The Balaban J connectivity index is 2.46. The van der Waals surface area contributed by atoms with Gasteiger partial charge in [-0.1, -0.05) is 31.5 Å². The van der Waals surface area contributed by atoms with Crippen LogP contribution < -0.4 is 5.73 Å². The van der Waals surface area contributed by atoms with Crippen LogP contribution >= 0.6 is 11.6 Å². The molecule has 0 aliphatic rings. The molecule has 3 nitrogen and oxygen atoms in total. The van der Waals surface area contributed by atoms with Gasteiger partial charge >= 0.3 is 0 Å². The minimum atomic E-state index is 0.545. The Morgan fingerprint density at radius 1 is 1.44 bits per heavy atom. The predicted molar refractivity (Wildman–Crippen MR) is 68.6 cm³/mol. The molecular formula is C12H16ClN3. The molecule has 0 aliphatic carbocycles. The Bertz CT molecular complexity index is 502. The van der Waals surface area contributed by atoms with E-state index in [1.165, 1.54) is 0 Å². The zero-order valence-corrected chi connectivity index (χ0v) is 10.3. The minimum Gasteiger partial charge on any atom is -0.369 e. The quantitative estimate of drug-likeness (QED) is 0.890. The Hall–Kier alpha value is -1.22. The van der Waals surface area contributed by atoms with Gasteiger partial charge in [0.2, 0.25) is 5.95 Å². The van der Waals surface area contributed by atoms with Crippen LogP contribution in [0.3, 0.4) is 0 Å². The SMILES string of the molecule is CC(C)CCn1c(N)nc2cccc(Cl)c21. The molecule has 1 heterocycles. The van der Waals surface area contributed by atoms with Crippen molar-refractivity contribution < 1.29 is 0 Å². The number of anilines is 1. The van der Waals surface area contributed by atoms with Gasteiger partial charge in [0.25, 0.3) is 0 Å². The van der Waals surface area contributed by atoms with Crippen LogP contribution in [-0.2, 0) is 6.54 Å². The third kappa shape index (κ3) is 2.00. The summed E-state index contributed by atoms with van der Waals surface area (Å²) >= 11 is 6.17. The van der Waals surface area contributed by atoms with Crippen LogP contribution in [-0.4, -0.2) is 9.55 Å². The van der Waals surface area contributed by atoms with Gasteiger partial charge < -0.3 is 10.3 Å². The number of aromatic nitrogens is 2. The monoisotopic (exact) mass is 237 g/mol. The summed E-state index contributed by atoms with van der Waals surface area (Å²) in [6.07, 6.45) is 1.07. The van der Waals surface area contributed by atoms with Crippen LogP contribution in [0.2, 0.25) is 5.02 Å². The predicted octanol–water partition coefficient (Wildman–Crippen LogP) is 3.32. The summed E-state index contributed by atoms with van der Waals surface area (Å²) < 4.78 is 2.00. The fraction of sp³-hybridized carbons (Fsp3) is 0.417. The Kier molecular flexibility index (Phi) is 3.06. The Morgan fingerprint density at radius 2 is 2.19 bits per heavy atom. The van der Waals surface area contributed by atoms with Crippen LogP contribution in [0.4, 0.5) is 5.95 Å². The molecule has 0 aliphatic heterocycles. The van der Waals surface area contributed by atoms with Gasteiger partial charge in [-0.15, -0.1) is 0 Å². The lowest BCUT2D eigenvalue weighted by Crippen LogP contribution is -2.05. The molecule has 2 aromatic rings. The first-order valence-corrected chi connectivity index (χ1v) is 5.87. The van der Waals surface area contributed by atoms with E-state index in [0.717, 1.165) is 24.0 Å². The van der Waals surface area contributed by atoms with Crippen molar-refractivity contribution in [2.24, 2.45) is 5.92 Å². The van der Waals surface area contributed by atoms with Crippen LogP contribution in [0, 0.1) is 5.92 Å². The van der Waals surface area contributed by atoms with E-state index in [9.17, 15) is 0 Å². The highest BCUT2D eigenvalue weighted by molar-refractivity contribution is 6.35. The maximum absolute atomic E-state index is 6.17. The molecule has 0 radical (unpaired) electrons. The van der Waals surface area contributed by atoms with E-state index in [0.29, 0.717) is 16.9 Å². The van der Waals surface area contributed by atoms with Crippen molar-refractivity contribution in [2.45, 2.75) is 26.8 Å². The molecule has 0 unspecified atom stereocenters. The highest BCUT2D eigenvalue weighted by Gasteiger charge is 2.10. The second-order valence-corrected chi connectivity index (χ2v) is 4.82. The molecule has 4 heteroatoms. The maximum atomic E-state index is 6.17. The number of nitrogens with zero attached hydrogens (tertiary/aromatic N) is 2. The zero-order chi connectivity index (χ0) is 11.7. The van der Waals surface area contributed by atoms with E-state index in [1.807, 2.05) is 22.8 Å². The normalized spacial score (nSPS) is 11.5. The molecule has 0 saturated heterocycles. The molecule has 1 aromatic carbocycles. The molecule has 0 amide bonds. The van der Waals surface area contributed by atoms with E-state index in [2.05, 4.69) is 18.8 Å². The molecule has 1 aromatic heterocycles. The first-order valence-electron chi connectivity index (χ1n) is 5.50. The molecule has 2 N–H and O–H groups in total. The van der Waals surface area contributed by atoms with Crippen molar-refractivity contribution in [3.05, 3.63) is 23.2 Å². The molecular weight excluding hydrogens is 222 g/mol. The van der Waals surface area contributed by atoms with Gasteiger partial charge in [0.05, 0.1) is 16.1 Å². The summed E-state index contributed by atoms with van der Waals surface area (Å²) in [6, 6.07) is 5.70. The summed E-state index contributed by atoms with van der Waals surface area (Å²) in [4.78, 5) is 4.31. The smallest absolute Gasteiger partial charge is 0.201 e. The fourth-order valence-corrected chi connectivity index (χ4v) is 2.04. The van der Waals surface area contributed by atoms with E-state index in [-0.39, 0.29) is 0 Å². The van der Waals surface area contributed by atoms with E-state index in [1.54, 1.807) is 0 Å². The number of hydrogen-bond acceptors (Lipinski definition) is 2. The van der Waals surface area contributed by atoms with Gasteiger partial charge in [0.15, 0.2) is 0 Å². The van der Waals surface area contributed by atoms with Crippen molar-refractivity contribution in [3.8, 4) is 0 Å². The van der Waals surface area contributed by atoms with Gasteiger partial charge in [0.1, 0.15) is 0 Å². The fourth-order valence-electron chi connectivity index (χ4n) is 1.77. The van der Waals surface area contributed by atoms with Crippen LogP contribution in [0.5, 0.6) is 0 Å². The third-order valence-electron chi connectivity index (χ3n) is 2.68. The van der Waals surface area contributed by atoms with Gasteiger partial charge in [-0.05, 0) is 24.5 Å². The molecule has 0 fully saturated rings. The van der Waals surface area contributed by atoms with Crippen LogP contribution in [0.15, 0.2) is 18.2 Å². The molecule has 2 rings (SSSR count). The maximum Gasteiger partial charge on any atom is 0.201 e. The standard InChI is InChI=1S/C12H16ClN3/c1-8(2)6-7-16-11-9(13)4-3-5-10(11)15-12(16)14/h3-5,8H,6-7H2,1-2H3,(H2,14,15). The topological polar surface area (TPSA) is 43.8 Å². The van der Waals surface area contributed by atoms with Gasteiger partial charge in [-0.3, -0.25) is 0 Å². The van der Waals surface area contributed by atoms with Crippen LogP contribution in [0.1, 0.15) is 20.3 Å². The second kappa shape index (κ2) is 4.34. The number of nitrogen functional groups attached to an aromatic ring is 1. The molecule has 0 bridgehead atoms. The molecule has 0 saturated carbocycles. The number of rotatable bonds is 3. The highest BCUT2D eigenvalue weighted by atomic mass is 35.5. The molecule has 0 spiro atoms.